The summed E-state index contributed by atoms with van der Waals surface area (Å²) in [7, 11) is 1.47. The summed E-state index contributed by atoms with van der Waals surface area (Å²) in [6, 6.07) is -0.439. The number of carbonyl (C=O) groups excluding carboxylic acids is 1. The van der Waals surface area contributed by atoms with Crippen LogP contribution < -0.4 is 11.0 Å². The van der Waals surface area contributed by atoms with E-state index in [-0.39, 0.29) is 0 Å². The average molecular weight is 219 g/mol. The van der Waals surface area contributed by atoms with Gasteiger partial charge in [0.25, 0.3) is 0 Å². The molecule has 0 fully saturated rings. The fourth-order valence-electron chi connectivity index (χ4n) is 0.673. The highest BCUT2D eigenvalue weighted by molar-refractivity contribution is 8.00. The maximum atomic E-state index is 11.1. The molecule has 0 aliphatic carbocycles. The van der Waals surface area contributed by atoms with Crippen LogP contribution in [0.1, 0.15) is 6.92 Å². The van der Waals surface area contributed by atoms with Crippen LogP contribution in [0.15, 0.2) is 9.13 Å². The van der Waals surface area contributed by atoms with Gasteiger partial charge >= 0.3 is 11.7 Å². The maximum Gasteiger partial charge on any atom is 0.367 e. The fraction of sp³-hybridized carbons (Fsp3) is 0.500. The van der Waals surface area contributed by atoms with Crippen LogP contribution in [0, 0.1) is 0 Å². The molecule has 0 spiro atoms. The number of hydrogen-bond donors (Lipinski definition) is 1. The van der Waals surface area contributed by atoms with Crippen molar-refractivity contribution in [3.05, 3.63) is 10.5 Å². The Labute approximate surface area is 83.3 Å². The van der Waals surface area contributed by atoms with E-state index < -0.39 is 11.7 Å². The van der Waals surface area contributed by atoms with E-state index in [4.69, 9.17) is 0 Å². The number of amides is 1. The van der Waals surface area contributed by atoms with E-state index in [2.05, 4.69) is 10.3 Å². The van der Waals surface area contributed by atoms with Crippen molar-refractivity contribution >= 4 is 29.3 Å². The molecule has 0 saturated carbocycles. The minimum Gasteiger partial charge on any atom is -0.340 e. The van der Waals surface area contributed by atoms with Crippen LogP contribution in [-0.2, 0) is 0 Å². The van der Waals surface area contributed by atoms with Crippen molar-refractivity contribution < 1.29 is 4.79 Å². The van der Waals surface area contributed by atoms with E-state index in [0.717, 1.165) is 21.2 Å². The predicted molar refractivity (Wildman–Crippen MR) is 52.6 cm³/mol. The smallest absolute Gasteiger partial charge is 0.340 e. The van der Waals surface area contributed by atoms with Crippen molar-refractivity contribution in [2.24, 2.45) is 0 Å². The number of hydrogen-bond acceptors (Lipinski definition) is 5. The van der Waals surface area contributed by atoms with Gasteiger partial charge in [-0.25, -0.2) is 9.59 Å². The summed E-state index contributed by atoms with van der Waals surface area (Å²) in [6.07, 6.45) is 0. The van der Waals surface area contributed by atoms with Gasteiger partial charge in [-0.15, -0.1) is 0 Å². The van der Waals surface area contributed by atoms with E-state index in [9.17, 15) is 9.59 Å². The fourth-order valence-corrected chi connectivity index (χ4v) is 2.42. The molecule has 0 bridgehead atoms. The van der Waals surface area contributed by atoms with Gasteiger partial charge in [0.05, 0.1) is 0 Å². The van der Waals surface area contributed by atoms with Crippen molar-refractivity contribution in [3.8, 4) is 0 Å². The molecule has 1 aromatic rings. The second-order valence-corrected chi connectivity index (χ2v) is 4.48. The quantitative estimate of drug-likeness (QED) is 0.740. The Bertz CT molecular complexity index is 357. The number of nitrogens with one attached hydrogen (secondary N) is 1. The van der Waals surface area contributed by atoms with Crippen LogP contribution in [0.2, 0.25) is 0 Å². The van der Waals surface area contributed by atoms with Crippen LogP contribution in [-0.4, -0.2) is 27.8 Å². The first-order valence-corrected chi connectivity index (χ1v) is 5.40. The molecule has 1 rings (SSSR count). The molecule has 0 unspecified atom stereocenters. The molecular weight excluding hydrogens is 210 g/mol. The third-order valence-corrected chi connectivity index (χ3v) is 3.15. The van der Waals surface area contributed by atoms with Gasteiger partial charge < -0.3 is 5.32 Å². The lowest BCUT2D eigenvalue weighted by atomic mass is 11.0. The van der Waals surface area contributed by atoms with Crippen molar-refractivity contribution in [2.45, 2.75) is 11.3 Å². The summed E-state index contributed by atoms with van der Waals surface area (Å²) in [6.45, 7) is 1.96. The lowest BCUT2D eigenvalue weighted by molar-refractivity contribution is 0.245. The van der Waals surface area contributed by atoms with E-state index >= 15 is 0 Å². The zero-order valence-corrected chi connectivity index (χ0v) is 8.87. The van der Waals surface area contributed by atoms with E-state index in [1.807, 2.05) is 6.92 Å². The SMILES string of the molecule is CCSc1nc(=O)n(C(=O)NC)s1. The van der Waals surface area contributed by atoms with Crippen molar-refractivity contribution in [1.82, 2.24) is 14.3 Å². The van der Waals surface area contributed by atoms with E-state index in [0.29, 0.717) is 4.34 Å². The molecule has 0 aliphatic rings. The Morgan fingerprint density at radius 3 is 3.00 bits per heavy atom. The minimum absolute atomic E-state index is 0.439. The molecule has 72 valence electrons. The highest BCUT2D eigenvalue weighted by Crippen LogP contribution is 2.17. The molecule has 0 atom stereocenters. The monoisotopic (exact) mass is 219 g/mol. The number of carbonyl (C=O) groups is 1. The standard InChI is InChI=1S/C6H9N3O2S2/c1-3-12-6-8-5(11)9(13-6)4(10)7-2/h3H2,1-2H3,(H,7,10). The Balaban J connectivity index is 2.96. The third-order valence-electron chi connectivity index (χ3n) is 1.20. The highest BCUT2D eigenvalue weighted by atomic mass is 32.2. The molecule has 1 heterocycles. The van der Waals surface area contributed by atoms with Crippen LogP contribution in [0.3, 0.4) is 0 Å². The summed E-state index contributed by atoms with van der Waals surface area (Å²) in [5.41, 5.74) is -0.514. The van der Waals surface area contributed by atoms with Crippen molar-refractivity contribution in [3.63, 3.8) is 0 Å². The zero-order chi connectivity index (χ0) is 9.84. The van der Waals surface area contributed by atoms with Crippen LogP contribution in [0.4, 0.5) is 4.79 Å². The van der Waals surface area contributed by atoms with Crippen LogP contribution in [0.25, 0.3) is 0 Å². The number of nitrogens with zero attached hydrogens (tertiary/aromatic N) is 2. The molecule has 1 amide bonds. The second-order valence-electron chi connectivity index (χ2n) is 2.03. The maximum absolute atomic E-state index is 11.1. The zero-order valence-electron chi connectivity index (χ0n) is 7.23. The molecular formula is C6H9N3O2S2. The first-order chi connectivity index (χ1) is 6.19. The summed E-state index contributed by atoms with van der Waals surface area (Å²) < 4.78 is 1.62. The largest absolute Gasteiger partial charge is 0.367 e. The number of rotatable bonds is 2. The molecule has 13 heavy (non-hydrogen) atoms. The van der Waals surface area contributed by atoms with Gasteiger partial charge in [0.1, 0.15) is 0 Å². The lowest BCUT2D eigenvalue weighted by Gasteiger charge is -1.93. The van der Waals surface area contributed by atoms with Gasteiger partial charge in [-0.05, 0) is 17.3 Å². The Hall–Kier alpha value is -0.820. The van der Waals surface area contributed by atoms with Gasteiger partial charge in [0.2, 0.25) is 0 Å². The molecule has 1 N–H and O–H groups in total. The summed E-state index contributed by atoms with van der Waals surface area (Å²) >= 11 is 2.51. The van der Waals surface area contributed by atoms with E-state index in [1.165, 1.54) is 18.8 Å². The van der Waals surface area contributed by atoms with Crippen molar-refractivity contribution in [1.29, 1.82) is 0 Å². The number of thioether (sulfide) groups is 1. The summed E-state index contributed by atoms with van der Waals surface area (Å²) in [5.74, 6) is 0.834. The average Bonchev–Trinajstić information content (AvgIpc) is 2.46. The molecule has 0 aliphatic heterocycles. The highest BCUT2D eigenvalue weighted by Gasteiger charge is 2.10. The predicted octanol–water partition coefficient (Wildman–Crippen LogP) is 0.604. The van der Waals surface area contributed by atoms with Gasteiger partial charge in [-0.3, -0.25) is 0 Å². The Kier molecular flexibility index (Phi) is 3.49. The van der Waals surface area contributed by atoms with E-state index in [1.54, 1.807) is 0 Å². The minimum atomic E-state index is -0.514. The summed E-state index contributed by atoms with van der Waals surface area (Å²) in [4.78, 5) is 25.9. The summed E-state index contributed by atoms with van der Waals surface area (Å²) in [5, 5.41) is 2.36. The Morgan fingerprint density at radius 1 is 1.77 bits per heavy atom. The molecule has 7 heteroatoms. The molecule has 0 radical (unpaired) electrons. The van der Waals surface area contributed by atoms with Gasteiger partial charge in [0, 0.05) is 7.05 Å². The van der Waals surface area contributed by atoms with Gasteiger partial charge in [-0.1, -0.05) is 18.7 Å². The first-order valence-electron chi connectivity index (χ1n) is 3.64. The molecule has 1 aromatic heterocycles. The Morgan fingerprint density at radius 2 is 2.46 bits per heavy atom. The molecule has 0 saturated heterocycles. The molecule has 5 nitrogen and oxygen atoms in total. The second kappa shape index (κ2) is 4.43. The normalized spacial score (nSPS) is 10.0. The third kappa shape index (κ3) is 2.31. The topological polar surface area (TPSA) is 64.0 Å². The van der Waals surface area contributed by atoms with Gasteiger partial charge in [-0.2, -0.15) is 8.94 Å². The van der Waals surface area contributed by atoms with Gasteiger partial charge in [0.15, 0.2) is 4.34 Å². The number of aromatic nitrogens is 2. The molecule has 0 aromatic carbocycles. The van der Waals surface area contributed by atoms with Crippen molar-refractivity contribution in [2.75, 3.05) is 12.8 Å². The first kappa shape index (κ1) is 10.3. The van der Waals surface area contributed by atoms with Crippen LogP contribution >= 0.6 is 23.3 Å². The van der Waals surface area contributed by atoms with Crippen LogP contribution in [0.5, 0.6) is 0 Å². The lowest BCUT2D eigenvalue weighted by Crippen LogP contribution is -2.30.